The van der Waals surface area contributed by atoms with Crippen molar-refractivity contribution >= 4 is 0 Å². The molecule has 0 saturated heterocycles. The number of rotatable bonds is 2. The third-order valence-electron chi connectivity index (χ3n) is 1.61. The molecule has 12 heavy (non-hydrogen) atoms. The van der Waals surface area contributed by atoms with Crippen LogP contribution in [0.3, 0.4) is 0 Å². The van der Waals surface area contributed by atoms with E-state index in [1.54, 1.807) is 12.1 Å². The normalized spacial score (nSPS) is 12.7. The van der Waals surface area contributed by atoms with Gasteiger partial charge >= 0.3 is 0 Å². The van der Waals surface area contributed by atoms with Gasteiger partial charge in [0, 0.05) is 32.7 Å². The minimum atomic E-state index is -0.509. The molecule has 0 bridgehead atoms. The Hall–Kier alpha value is 0.214. The number of hydrogen-bond donors (Lipinski definition) is 1. The Morgan fingerprint density at radius 1 is 1.42 bits per heavy atom. The van der Waals surface area contributed by atoms with Crippen molar-refractivity contribution < 1.29 is 42.2 Å². The molecule has 1 unspecified atom stereocenters. The molecule has 1 N–H and O–H groups in total. The predicted octanol–water partition coefficient (Wildman–Crippen LogP) is 2.15. The van der Waals surface area contributed by atoms with E-state index in [0.29, 0.717) is 11.5 Å². The first-order chi connectivity index (χ1) is 5.11. The zero-order valence-corrected chi connectivity index (χ0v) is 10.3. The molecule has 1 rings (SSSR count). The molecule has 0 aromatic carbocycles. The molecule has 0 aliphatic rings. The van der Waals surface area contributed by atoms with Crippen LogP contribution in [-0.2, 0) is 32.7 Å². The summed E-state index contributed by atoms with van der Waals surface area (Å²) in [4.78, 5) is 0. The number of furan rings is 1. The summed E-state index contributed by atoms with van der Waals surface area (Å²) in [6.07, 6.45) is -0.509. The molecule has 1 radical (unpaired) electrons. The van der Waals surface area contributed by atoms with Gasteiger partial charge in [-0.05, 0) is 11.7 Å². The van der Waals surface area contributed by atoms with E-state index < -0.39 is 6.10 Å². The van der Waals surface area contributed by atoms with Gasteiger partial charge in [-0.1, -0.05) is 19.9 Å². The van der Waals surface area contributed by atoms with E-state index in [4.69, 9.17) is 4.42 Å². The van der Waals surface area contributed by atoms with Gasteiger partial charge in [0.15, 0.2) is 0 Å². The zero-order chi connectivity index (χ0) is 8.43. The summed E-state index contributed by atoms with van der Waals surface area (Å²) in [6, 6.07) is 3.51. The number of hydrogen-bond acceptors (Lipinski definition) is 2. The second-order valence-corrected chi connectivity index (χ2v) is 2.99. The van der Waals surface area contributed by atoms with Crippen molar-refractivity contribution in [1.82, 2.24) is 0 Å². The quantitative estimate of drug-likeness (QED) is 0.806. The maximum absolute atomic E-state index is 9.49. The van der Waals surface area contributed by atoms with Gasteiger partial charge in [-0.3, -0.25) is 0 Å². The van der Waals surface area contributed by atoms with Crippen molar-refractivity contribution in [2.45, 2.75) is 20.0 Å². The summed E-state index contributed by atoms with van der Waals surface area (Å²) < 4.78 is 5.15. The maximum Gasteiger partial charge on any atom is 0.112 e. The molecule has 0 fully saturated rings. The average molecular weight is 242 g/mol. The van der Waals surface area contributed by atoms with E-state index in [1.807, 2.05) is 13.8 Å². The van der Waals surface area contributed by atoms with Crippen LogP contribution in [0, 0.1) is 12.8 Å². The first-order valence-electron chi connectivity index (χ1n) is 3.71. The molecule has 0 amide bonds. The summed E-state index contributed by atoms with van der Waals surface area (Å²) in [5, 5.41) is 9.49. The molecule has 0 aliphatic carbocycles. The first kappa shape index (κ1) is 12.2. The van der Waals surface area contributed by atoms with Crippen LogP contribution < -0.4 is 0 Å². The van der Waals surface area contributed by atoms with Gasteiger partial charge in [0.1, 0.15) is 11.9 Å². The molecule has 0 spiro atoms. The second kappa shape index (κ2) is 5.05. The Labute approximate surface area is 98.2 Å². The van der Waals surface area contributed by atoms with Gasteiger partial charge in [0.05, 0.1) is 0 Å². The van der Waals surface area contributed by atoms with Crippen molar-refractivity contribution in [1.29, 1.82) is 0 Å². The number of aliphatic hydroxyl groups is 1. The standard InChI is InChI=1S/C9H13O2.Y/c1-6(2)9(10)8-5-4-7(3)11-8;/h4-6,9-10H,3H2,1-2H3;/q-1;. The molecule has 1 heterocycles. The largest absolute Gasteiger partial charge is 0.498 e. The Morgan fingerprint density at radius 3 is 2.33 bits per heavy atom. The summed E-state index contributed by atoms with van der Waals surface area (Å²) in [5.74, 6) is 1.38. The Kier molecular flexibility index (Phi) is 5.14. The Bertz CT molecular complexity index is 230. The van der Waals surface area contributed by atoms with E-state index >= 15 is 0 Å². The van der Waals surface area contributed by atoms with Crippen LogP contribution in [0.15, 0.2) is 16.5 Å². The van der Waals surface area contributed by atoms with Gasteiger partial charge in [-0.15, -0.1) is 0 Å². The molecular formula is C9H13O2Y-. The molecule has 1 aromatic rings. The maximum atomic E-state index is 9.49. The third-order valence-corrected chi connectivity index (χ3v) is 1.61. The van der Waals surface area contributed by atoms with Crippen molar-refractivity contribution in [3.8, 4) is 0 Å². The fraction of sp³-hybridized carbons (Fsp3) is 0.444. The van der Waals surface area contributed by atoms with Gasteiger partial charge in [-0.25, -0.2) is 6.92 Å². The van der Waals surface area contributed by atoms with Crippen molar-refractivity contribution in [3.05, 3.63) is 30.6 Å². The molecule has 1 atom stereocenters. The Balaban J connectivity index is 0.00000121. The monoisotopic (exact) mass is 242 g/mol. The molecule has 3 heteroatoms. The van der Waals surface area contributed by atoms with Gasteiger partial charge in [0.25, 0.3) is 0 Å². The zero-order valence-electron chi connectivity index (χ0n) is 7.45. The van der Waals surface area contributed by atoms with Crippen LogP contribution in [0.5, 0.6) is 0 Å². The van der Waals surface area contributed by atoms with E-state index in [1.165, 1.54) is 0 Å². The van der Waals surface area contributed by atoms with Crippen molar-refractivity contribution in [3.63, 3.8) is 0 Å². The first-order valence-corrected chi connectivity index (χ1v) is 3.71. The Morgan fingerprint density at radius 2 is 2.00 bits per heavy atom. The van der Waals surface area contributed by atoms with Crippen LogP contribution in [0.4, 0.5) is 0 Å². The van der Waals surface area contributed by atoms with E-state index in [9.17, 15) is 5.11 Å². The van der Waals surface area contributed by atoms with E-state index in [0.717, 1.165) is 0 Å². The van der Waals surface area contributed by atoms with Crippen molar-refractivity contribution in [2.75, 3.05) is 0 Å². The summed E-state index contributed by atoms with van der Waals surface area (Å²) in [5.41, 5.74) is 0. The second-order valence-electron chi connectivity index (χ2n) is 2.99. The van der Waals surface area contributed by atoms with Crippen LogP contribution in [0.1, 0.15) is 31.5 Å². The SMILES string of the molecule is [CH2-]c1ccc(C(O)C(C)C)o1.[Y]. The van der Waals surface area contributed by atoms with E-state index in [2.05, 4.69) is 6.92 Å². The van der Waals surface area contributed by atoms with Crippen LogP contribution in [0.2, 0.25) is 0 Å². The molecular weight excluding hydrogens is 229 g/mol. The van der Waals surface area contributed by atoms with Gasteiger partial charge in [-0.2, -0.15) is 6.07 Å². The summed E-state index contributed by atoms with van der Waals surface area (Å²) in [6.45, 7) is 7.49. The number of aliphatic hydroxyl groups excluding tert-OH is 1. The van der Waals surface area contributed by atoms with Crippen LogP contribution in [0.25, 0.3) is 0 Å². The van der Waals surface area contributed by atoms with Gasteiger partial charge < -0.3 is 9.52 Å². The molecule has 65 valence electrons. The third kappa shape index (κ3) is 2.93. The average Bonchev–Trinajstić information content (AvgIpc) is 2.34. The fourth-order valence-electron chi connectivity index (χ4n) is 0.882. The smallest absolute Gasteiger partial charge is 0.112 e. The molecule has 0 saturated carbocycles. The summed E-state index contributed by atoms with van der Waals surface area (Å²) >= 11 is 0. The fourth-order valence-corrected chi connectivity index (χ4v) is 0.882. The predicted molar refractivity (Wildman–Crippen MR) is 43.0 cm³/mol. The van der Waals surface area contributed by atoms with Crippen molar-refractivity contribution in [2.24, 2.45) is 5.92 Å². The molecule has 1 aromatic heterocycles. The van der Waals surface area contributed by atoms with Crippen LogP contribution in [-0.4, -0.2) is 5.11 Å². The van der Waals surface area contributed by atoms with Gasteiger partial charge in [0.2, 0.25) is 0 Å². The molecule has 2 nitrogen and oxygen atoms in total. The minimum Gasteiger partial charge on any atom is -0.498 e. The minimum absolute atomic E-state index is 0. The van der Waals surface area contributed by atoms with E-state index in [-0.39, 0.29) is 38.6 Å². The van der Waals surface area contributed by atoms with Crippen LogP contribution >= 0.6 is 0 Å². The molecule has 0 aliphatic heterocycles. The topological polar surface area (TPSA) is 33.4 Å². The summed E-state index contributed by atoms with van der Waals surface area (Å²) in [7, 11) is 0.